The lowest BCUT2D eigenvalue weighted by Crippen LogP contribution is -2.40. The smallest absolute Gasteiger partial charge is 0.319 e. The van der Waals surface area contributed by atoms with Crippen LogP contribution in [0.3, 0.4) is 0 Å². The first-order valence-corrected chi connectivity index (χ1v) is 13.9. The molecule has 0 aliphatic heterocycles. The third-order valence-electron chi connectivity index (χ3n) is 6.62. The van der Waals surface area contributed by atoms with Crippen molar-refractivity contribution in [2.24, 2.45) is 0 Å². The van der Waals surface area contributed by atoms with Crippen LogP contribution in [-0.4, -0.2) is 79.0 Å². The molecule has 14 heteroatoms. The molecular formula is C32H31F2N5O7. The van der Waals surface area contributed by atoms with Crippen molar-refractivity contribution in [3.63, 3.8) is 0 Å². The number of anilines is 1. The van der Waals surface area contributed by atoms with E-state index in [0.29, 0.717) is 11.4 Å². The molecule has 0 saturated heterocycles. The molecule has 2 heterocycles. The average Bonchev–Trinajstić information content (AvgIpc) is 3.54. The summed E-state index contributed by atoms with van der Waals surface area (Å²) in [6.45, 7) is 1.74. The number of methoxy groups -OCH3 is 2. The quantitative estimate of drug-likeness (QED) is 0.185. The van der Waals surface area contributed by atoms with Gasteiger partial charge in [0.15, 0.2) is 11.6 Å². The van der Waals surface area contributed by atoms with Crippen LogP contribution < -0.4 is 15.4 Å². The van der Waals surface area contributed by atoms with Crippen LogP contribution in [0.4, 0.5) is 14.5 Å². The Morgan fingerprint density at radius 1 is 0.870 bits per heavy atom. The van der Waals surface area contributed by atoms with Crippen LogP contribution in [0.1, 0.15) is 26.3 Å². The highest BCUT2D eigenvalue weighted by Gasteiger charge is 2.18. The highest BCUT2D eigenvalue weighted by Crippen LogP contribution is 2.29. The van der Waals surface area contributed by atoms with Crippen molar-refractivity contribution in [1.29, 1.82) is 0 Å². The van der Waals surface area contributed by atoms with Crippen LogP contribution in [0.2, 0.25) is 0 Å². The molecule has 2 aromatic carbocycles. The number of nitrogens with zero attached hydrogens (tertiary/aromatic N) is 2. The second-order valence-electron chi connectivity index (χ2n) is 9.98. The zero-order valence-corrected chi connectivity index (χ0v) is 25.2. The molecule has 46 heavy (non-hydrogen) atoms. The summed E-state index contributed by atoms with van der Waals surface area (Å²) >= 11 is 0. The van der Waals surface area contributed by atoms with Gasteiger partial charge in [0.25, 0.3) is 11.8 Å². The van der Waals surface area contributed by atoms with E-state index < -0.39 is 35.4 Å². The number of hydrogen-bond acceptors (Lipinski definition) is 9. The maximum atomic E-state index is 14.7. The van der Waals surface area contributed by atoms with E-state index in [1.165, 1.54) is 67.9 Å². The zero-order valence-electron chi connectivity index (χ0n) is 25.2. The molecule has 0 aliphatic carbocycles. The van der Waals surface area contributed by atoms with Gasteiger partial charge in [0.1, 0.15) is 11.6 Å². The van der Waals surface area contributed by atoms with Gasteiger partial charge in [-0.05, 0) is 55.0 Å². The summed E-state index contributed by atoms with van der Waals surface area (Å²) in [5.41, 5.74) is 1.91. The number of nitrogens with one attached hydrogen (secondary N) is 3. The second kappa shape index (κ2) is 15.4. The average molecular weight is 636 g/mol. The molecule has 3 N–H and O–H groups in total. The minimum Gasteiger partial charge on any atom is -0.468 e. The van der Waals surface area contributed by atoms with Crippen molar-refractivity contribution in [1.82, 2.24) is 20.2 Å². The molecule has 0 radical (unpaired) electrons. The van der Waals surface area contributed by atoms with Crippen molar-refractivity contribution >= 4 is 29.4 Å². The van der Waals surface area contributed by atoms with Crippen molar-refractivity contribution in [3.8, 4) is 22.9 Å². The number of aryl methyl sites for hydroxylation is 1. The molecule has 0 saturated carbocycles. The number of pyridine rings is 1. The molecule has 0 atom stereocenters. The summed E-state index contributed by atoms with van der Waals surface area (Å²) in [5.74, 6) is -3.54. The minimum atomic E-state index is -0.729. The number of aromatic nitrogens is 2. The standard InChI is InChI=1S/C32H31F2N5O7/c1-19-4-6-23(33)25(12-19)38-32(43)20-5-7-24(34)28(14-20)46-22-8-9-35-27(15-22)26-13-21(16-37-26)31(42)36-10-11-39(17-29(40)44-2)18-30(41)45-3/h4-9,12-16,37H,10-11,17-18H2,1-3H3,(H,36,42)(H,38,43). The topological polar surface area (TPSA) is 152 Å². The summed E-state index contributed by atoms with van der Waals surface area (Å²) in [6.07, 6.45) is 2.90. The predicted molar refractivity (Wildman–Crippen MR) is 162 cm³/mol. The molecule has 2 aromatic heterocycles. The number of esters is 2. The van der Waals surface area contributed by atoms with E-state index in [4.69, 9.17) is 4.74 Å². The molecule has 0 bridgehead atoms. The van der Waals surface area contributed by atoms with Crippen LogP contribution >= 0.6 is 0 Å². The monoisotopic (exact) mass is 635 g/mol. The molecule has 2 amide bonds. The maximum absolute atomic E-state index is 14.7. The van der Waals surface area contributed by atoms with Gasteiger partial charge in [-0.3, -0.25) is 29.1 Å². The molecule has 0 aliphatic rings. The highest BCUT2D eigenvalue weighted by atomic mass is 19.1. The lowest BCUT2D eigenvalue weighted by molar-refractivity contribution is -0.145. The summed E-state index contributed by atoms with van der Waals surface area (Å²) in [4.78, 5) is 57.5. The zero-order chi connectivity index (χ0) is 33.2. The second-order valence-corrected chi connectivity index (χ2v) is 9.98. The Morgan fingerprint density at radius 2 is 1.59 bits per heavy atom. The summed E-state index contributed by atoms with van der Waals surface area (Å²) in [7, 11) is 2.46. The summed E-state index contributed by atoms with van der Waals surface area (Å²) < 4.78 is 43.8. The maximum Gasteiger partial charge on any atom is 0.319 e. The first kappa shape index (κ1) is 33.3. The third kappa shape index (κ3) is 8.95. The largest absolute Gasteiger partial charge is 0.468 e. The van der Waals surface area contributed by atoms with Crippen molar-refractivity contribution in [3.05, 3.63) is 95.3 Å². The number of carbonyl (C=O) groups excluding carboxylic acids is 4. The number of amides is 2. The van der Waals surface area contributed by atoms with Gasteiger partial charge in [-0.2, -0.15) is 0 Å². The fraction of sp³-hybridized carbons (Fsp3) is 0.219. The minimum absolute atomic E-state index is 0.00586. The lowest BCUT2D eigenvalue weighted by atomic mass is 10.1. The van der Waals surface area contributed by atoms with E-state index in [1.807, 2.05) is 0 Å². The van der Waals surface area contributed by atoms with Gasteiger partial charge in [-0.1, -0.05) is 6.07 Å². The van der Waals surface area contributed by atoms with Crippen molar-refractivity contribution in [2.45, 2.75) is 6.92 Å². The van der Waals surface area contributed by atoms with E-state index in [0.717, 1.165) is 11.6 Å². The number of rotatable bonds is 13. The normalized spacial score (nSPS) is 10.7. The van der Waals surface area contributed by atoms with Gasteiger partial charge in [0, 0.05) is 37.1 Å². The fourth-order valence-corrected chi connectivity index (χ4v) is 4.21. The van der Waals surface area contributed by atoms with Gasteiger partial charge in [-0.15, -0.1) is 0 Å². The van der Waals surface area contributed by atoms with Crippen molar-refractivity contribution in [2.75, 3.05) is 45.7 Å². The number of H-pyrrole nitrogens is 1. The molecule has 0 fully saturated rings. The molecular weight excluding hydrogens is 604 g/mol. The van der Waals surface area contributed by atoms with E-state index >= 15 is 0 Å². The SMILES string of the molecule is COC(=O)CN(CCNC(=O)c1c[nH]c(-c2cc(Oc3cc(C(=O)Nc4cc(C)ccc4F)ccc3F)ccn2)c1)CC(=O)OC. The van der Waals surface area contributed by atoms with Gasteiger partial charge < -0.3 is 29.8 Å². The molecule has 4 rings (SSSR count). The van der Waals surface area contributed by atoms with Crippen LogP contribution in [0.25, 0.3) is 11.4 Å². The fourth-order valence-electron chi connectivity index (χ4n) is 4.21. The molecule has 4 aromatic rings. The van der Waals surface area contributed by atoms with Gasteiger partial charge >= 0.3 is 11.9 Å². The van der Waals surface area contributed by atoms with E-state index in [2.05, 4.69) is 30.1 Å². The Labute approximate surface area is 262 Å². The van der Waals surface area contributed by atoms with Crippen LogP contribution in [0, 0.1) is 18.6 Å². The van der Waals surface area contributed by atoms with Gasteiger partial charge in [0.2, 0.25) is 0 Å². The number of aromatic amines is 1. The van der Waals surface area contributed by atoms with Crippen molar-refractivity contribution < 1.29 is 42.2 Å². The summed E-state index contributed by atoms with van der Waals surface area (Å²) in [6, 6.07) is 12.4. The number of halogens is 2. The van der Waals surface area contributed by atoms with Crippen LogP contribution in [0.15, 0.2) is 67.0 Å². The van der Waals surface area contributed by atoms with Gasteiger partial charge in [0.05, 0.1) is 49.9 Å². The van der Waals surface area contributed by atoms with Crippen LogP contribution in [0.5, 0.6) is 11.5 Å². The Hall–Kier alpha value is -5.63. The van der Waals surface area contributed by atoms with E-state index in [9.17, 15) is 28.0 Å². The Morgan fingerprint density at radius 3 is 2.30 bits per heavy atom. The molecule has 0 unspecified atom stereocenters. The lowest BCUT2D eigenvalue weighted by Gasteiger charge is -2.19. The summed E-state index contributed by atoms with van der Waals surface area (Å²) in [5, 5.41) is 5.20. The van der Waals surface area contributed by atoms with Crippen LogP contribution in [-0.2, 0) is 19.1 Å². The Kier molecular flexibility index (Phi) is 11.1. The number of hydrogen-bond donors (Lipinski definition) is 3. The third-order valence-corrected chi connectivity index (χ3v) is 6.62. The Balaban J connectivity index is 1.40. The first-order chi connectivity index (χ1) is 22.1. The van der Waals surface area contributed by atoms with E-state index in [-0.39, 0.29) is 54.5 Å². The highest BCUT2D eigenvalue weighted by molar-refractivity contribution is 6.04. The number of benzene rings is 2. The number of carbonyl (C=O) groups is 4. The van der Waals surface area contributed by atoms with Gasteiger partial charge in [-0.25, -0.2) is 8.78 Å². The number of ether oxygens (including phenoxy) is 3. The molecule has 240 valence electrons. The Bertz CT molecular complexity index is 1730. The molecule has 0 spiro atoms. The molecule has 12 nitrogen and oxygen atoms in total. The predicted octanol–water partition coefficient (Wildman–Crippen LogP) is 4.09. The first-order valence-electron chi connectivity index (χ1n) is 13.9. The van der Waals surface area contributed by atoms with E-state index in [1.54, 1.807) is 19.1 Å².